The van der Waals surface area contributed by atoms with Crippen molar-refractivity contribution in [3.63, 3.8) is 0 Å². The van der Waals surface area contributed by atoms with Gasteiger partial charge in [-0.25, -0.2) is 16.8 Å². The highest BCUT2D eigenvalue weighted by atomic mass is 32.2. The number of hydrogen-bond acceptors (Lipinski definition) is 4. The van der Waals surface area contributed by atoms with Gasteiger partial charge < -0.3 is 0 Å². The van der Waals surface area contributed by atoms with Crippen molar-refractivity contribution in [3.8, 4) is 55.6 Å². The molecule has 3 aliphatic rings. The number of sulfone groups is 2. The second kappa shape index (κ2) is 12.1. The van der Waals surface area contributed by atoms with Crippen LogP contribution in [0.1, 0.15) is 22.3 Å². The van der Waals surface area contributed by atoms with Crippen molar-refractivity contribution in [1.29, 1.82) is 0 Å². The Morgan fingerprint density at radius 1 is 0.305 bits per heavy atom. The topological polar surface area (TPSA) is 68.3 Å². The highest BCUT2D eigenvalue weighted by Gasteiger charge is 2.53. The minimum Gasteiger partial charge on any atom is -0.219 e. The zero-order valence-electron chi connectivity index (χ0n) is 31.4. The molecule has 0 unspecified atom stereocenters. The van der Waals surface area contributed by atoms with Gasteiger partial charge in [-0.3, -0.25) is 0 Å². The summed E-state index contributed by atoms with van der Waals surface area (Å²) in [5.74, 6) is 0. The fourth-order valence-corrected chi connectivity index (χ4v) is 13.0. The molecule has 0 atom stereocenters. The molecule has 6 heteroatoms. The summed E-state index contributed by atoms with van der Waals surface area (Å²) in [7, 11) is -8.03. The Morgan fingerprint density at radius 3 is 1.41 bits per heavy atom. The van der Waals surface area contributed by atoms with Crippen LogP contribution in [-0.2, 0) is 25.1 Å². The van der Waals surface area contributed by atoms with Gasteiger partial charge in [0.05, 0.1) is 25.0 Å². The van der Waals surface area contributed by atoms with E-state index in [1.165, 1.54) is 86.1 Å². The third-order valence-electron chi connectivity index (χ3n) is 12.7. The maximum atomic E-state index is 14.3. The summed E-state index contributed by atoms with van der Waals surface area (Å²) in [6, 6.07) is 62.6. The van der Waals surface area contributed by atoms with Gasteiger partial charge in [0.15, 0.2) is 0 Å². The minimum absolute atomic E-state index is 0.0757. The summed E-state index contributed by atoms with van der Waals surface area (Å²) in [6.45, 7) is 0. The SMILES string of the molecule is O=S(=O)(c1ccccc1)c1cccc(S(=O)(=O)c2ccc(-c3c4c(cc5c3-c3ccccc3C53c5ccccc5-c5ccccc53)-c3cccc5cccc-4c35)cc2)c1. The molecule has 9 aromatic carbocycles. The van der Waals surface area contributed by atoms with Crippen molar-refractivity contribution in [2.45, 2.75) is 25.0 Å². The molecule has 0 heterocycles. The first kappa shape index (κ1) is 34.2. The molecule has 0 fully saturated rings. The quantitative estimate of drug-likeness (QED) is 0.174. The summed E-state index contributed by atoms with van der Waals surface area (Å²) >= 11 is 0. The third kappa shape index (κ3) is 4.47. The second-order valence-electron chi connectivity index (χ2n) is 15.5. The van der Waals surface area contributed by atoms with Gasteiger partial charge in [0, 0.05) is 0 Å². The van der Waals surface area contributed by atoms with Crippen LogP contribution in [0.25, 0.3) is 66.4 Å². The van der Waals surface area contributed by atoms with Gasteiger partial charge in [-0.2, -0.15) is 0 Å². The lowest BCUT2D eigenvalue weighted by molar-refractivity contribution is 0.594. The molecule has 3 aliphatic carbocycles. The van der Waals surface area contributed by atoms with Crippen LogP contribution in [0.3, 0.4) is 0 Å². The van der Waals surface area contributed by atoms with E-state index in [1.807, 2.05) is 12.1 Å². The maximum Gasteiger partial charge on any atom is 0.206 e. The van der Waals surface area contributed by atoms with Crippen molar-refractivity contribution in [3.05, 3.63) is 216 Å². The Bertz CT molecular complexity index is 3460. The molecule has 12 rings (SSSR count). The van der Waals surface area contributed by atoms with Crippen molar-refractivity contribution in [1.82, 2.24) is 0 Å². The first-order valence-electron chi connectivity index (χ1n) is 19.6. The molecular formula is C53H32O4S2. The number of rotatable bonds is 5. The van der Waals surface area contributed by atoms with Gasteiger partial charge in [-0.05, 0) is 137 Å². The third-order valence-corrected chi connectivity index (χ3v) is 16.2. The fourth-order valence-electron chi connectivity index (χ4n) is 10.3. The molecule has 0 aliphatic heterocycles. The van der Waals surface area contributed by atoms with Gasteiger partial charge in [0.1, 0.15) is 0 Å². The van der Waals surface area contributed by atoms with Crippen LogP contribution in [0.2, 0.25) is 0 Å². The smallest absolute Gasteiger partial charge is 0.206 e. The molecule has 0 saturated carbocycles. The largest absolute Gasteiger partial charge is 0.219 e. The zero-order valence-corrected chi connectivity index (χ0v) is 33.1. The molecule has 9 aromatic rings. The van der Waals surface area contributed by atoms with Crippen LogP contribution in [0.15, 0.2) is 214 Å². The molecule has 0 N–H and O–H groups in total. The van der Waals surface area contributed by atoms with Crippen molar-refractivity contribution < 1.29 is 16.8 Å². The van der Waals surface area contributed by atoms with Gasteiger partial charge >= 0.3 is 0 Å². The minimum atomic E-state index is -4.10. The predicted octanol–water partition coefficient (Wildman–Crippen LogP) is 12.2. The van der Waals surface area contributed by atoms with E-state index in [1.54, 1.807) is 30.3 Å². The van der Waals surface area contributed by atoms with E-state index in [2.05, 4.69) is 115 Å². The molecule has 0 bridgehead atoms. The highest BCUT2D eigenvalue weighted by molar-refractivity contribution is 7.92. The molecule has 1 spiro atoms. The Morgan fingerprint density at radius 2 is 0.780 bits per heavy atom. The van der Waals surface area contributed by atoms with Crippen molar-refractivity contribution in [2.24, 2.45) is 0 Å². The van der Waals surface area contributed by atoms with Crippen LogP contribution >= 0.6 is 0 Å². The maximum absolute atomic E-state index is 14.3. The van der Waals surface area contributed by atoms with Crippen LogP contribution in [-0.4, -0.2) is 16.8 Å². The number of benzene rings is 9. The monoisotopic (exact) mass is 796 g/mol. The molecule has 0 aromatic heterocycles. The zero-order chi connectivity index (χ0) is 39.7. The molecule has 0 saturated heterocycles. The first-order chi connectivity index (χ1) is 28.8. The summed E-state index contributed by atoms with van der Waals surface area (Å²) in [4.78, 5) is 0.0294. The average Bonchev–Trinajstić information content (AvgIpc) is 3.89. The van der Waals surface area contributed by atoms with Gasteiger partial charge in [-0.1, -0.05) is 146 Å². The first-order valence-corrected chi connectivity index (χ1v) is 22.6. The Hall–Kier alpha value is -6.86. The van der Waals surface area contributed by atoms with Crippen molar-refractivity contribution >= 4 is 30.4 Å². The Balaban J connectivity index is 1.10. The van der Waals surface area contributed by atoms with Crippen LogP contribution < -0.4 is 0 Å². The van der Waals surface area contributed by atoms with Crippen molar-refractivity contribution in [2.75, 3.05) is 0 Å². The summed E-state index contributed by atoms with van der Waals surface area (Å²) in [5.41, 5.74) is 15.7. The van der Waals surface area contributed by atoms with E-state index in [0.717, 1.165) is 38.9 Å². The predicted molar refractivity (Wildman–Crippen MR) is 234 cm³/mol. The molecule has 59 heavy (non-hydrogen) atoms. The standard InChI is InChI=1S/C53H32O4S2/c54-58(55,35-15-2-1-3-16-35)37-17-12-18-38(31-37)59(56,57)36-29-27-34(28-30-36)50-51-43-23-11-14-33-13-10-22-41(49(33)43)44(51)32-48-52(50)42-21-6-9-26-47(42)53(48)45-24-7-4-19-39(45)40-20-5-8-25-46(40)53/h1-32H. The average molecular weight is 797 g/mol. The van der Waals surface area contributed by atoms with Gasteiger partial charge in [0.2, 0.25) is 19.7 Å². The summed E-state index contributed by atoms with van der Waals surface area (Å²) in [6.07, 6.45) is 0. The van der Waals surface area contributed by atoms with E-state index in [-0.39, 0.29) is 19.6 Å². The lowest BCUT2D eigenvalue weighted by atomic mass is 9.69. The lowest BCUT2D eigenvalue weighted by Gasteiger charge is -2.31. The fraction of sp³-hybridized carbons (Fsp3) is 0.0189. The molecule has 0 amide bonds. The molecule has 4 nitrogen and oxygen atoms in total. The lowest BCUT2D eigenvalue weighted by Crippen LogP contribution is -2.26. The van der Waals surface area contributed by atoms with Gasteiger partial charge in [-0.15, -0.1) is 0 Å². The van der Waals surface area contributed by atoms with E-state index >= 15 is 0 Å². The second-order valence-corrected chi connectivity index (χ2v) is 19.4. The normalized spacial score (nSPS) is 13.8. The molecule has 0 radical (unpaired) electrons. The van der Waals surface area contributed by atoms with Crippen LogP contribution in [0, 0.1) is 0 Å². The Labute approximate surface area is 342 Å². The van der Waals surface area contributed by atoms with E-state index in [9.17, 15) is 16.8 Å². The van der Waals surface area contributed by atoms with E-state index in [0.29, 0.717) is 0 Å². The number of fused-ring (bicyclic) bond motifs is 13. The van der Waals surface area contributed by atoms with Crippen LogP contribution in [0.5, 0.6) is 0 Å². The highest BCUT2D eigenvalue weighted by Crippen LogP contribution is 2.67. The van der Waals surface area contributed by atoms with E-state index in [4.69, 9.17) is 0 Å². The van der Waals surface area contributed by atoms with E-state index < -0.39 is 25.1 Å². The number of hydrogen-bond donors (Lipinski definition) is 0. The summed E-state index contributed by atoms with van der Waals surface area (Å²) in [5, 5.41) is 2.39. The van der Waals surface area contributed by atoms with Gasteiger partial charge in [0.25, 0.3) is 0 Å². The van der Waals surface area contributed by atoms with Crippen LogP contribution in [0.4, 0.5) is 0 Å². The summed E-state index contributed by atoms with van der Waals surface area (Å²) < 4.78 is 55.7. The molecular weight excluding hydrogens is 765 g/mol. The molecule has 280 valence electrons. The Kier molecular flexibility index (Phi) is 7.01.